The van der Waals surface area contributed by atoms with Crippen molar-refractivity contribution in [1.82, 2.24) is 9.97 Å². The van der Waals surface area contributed by atoms with Crippen LogP contribution in [0.2, 0.25) is 0 Å². The van der Waals surface area contributed by atoms with Crippen LogP contribution in [-0.4, -0.2) is 28.2 Å². The fourth-order valence-electron chi connectivity index (χ4n) is 1.68. The highest BCUT2D eigenvalue weighted by Gasteiger charge is 2.41. The maximum atomic E-state index is 8.91. The minimum absolute atomic E-state index is 0.258. The van der Waals surface area contributed by atoms with E-state index in [2.05, 4.69) is 15.3 Å². The number of aromatic nitrogens is 2. The number of nitrogen functional groups attached to an aromatic ring is 1. The van der Waals surface area contributed by atoms with Gasteiger partial charge in [0.25, 0.3) is 0 Å². The van der Waals surface area contributed by atoms with E-state index in [4.69, 9.17) is 10.8 Å². The molecule has 2 rings (SSSR count). The van der Waals surface area contributed by atoms with Crippen LogP contribution in [0.5, 0.6) is 0 Å². The van der Waals surface area contributed by atoms with Crippen molar-refractivity contribution in [2.75, 3.05) is 24.2 Å². The summed E-state index contributed by atoms with van der Waals surface area (Å²) in [6.07, 6.45) is 4.67. The molecule has 0 amide bonds. The third kappa shape index (κ3) is 2.56. The molecule has 0 spiro atoms. The van der Waals surface area contributed by atoms with Gasteiger partial charge in [-0.1, -0.05) is 0 Å². The number of hydrogen-bond acceptors (Lipinski definition) is 5. The molecule has 0 radical (unpaired) electrons. The van der Waals surface area contributed by atoms with Gasteiger partial charge >= 0.3 is 0 Å². The Balaban J connectivity index is 1.88. The van der Waals surface area contributed by atoms with E-state index in [1.807, 2.05) is 0 Å². The van der Waals surface area contributed by atoms with Crippen molar-refractivity contribution >= 4 is 11.6 Å². The highest BCUT2D eigenvalue weighted by atomic mass is 16.3. The van der Waals surface area contributed by atoms with Crippen molar-refractivity contribution < 1.29 is 5.11 Å². The molecule has 0 atom stereocenters. The SMILES string of the molecule is Nc1cc(NCC2(CCO)CC2)ncn1. The number of aliphatic hydroxyl groups excluding tert-OH is 1. The van der Waals surface area contributed by atoms with E-state index in [0.29, 0.717) is 5.82 Å². The molecule has 82 valence electrons. The molecule has 1 aromatic rings. The van der Waals surface area contributed by atoms with Gasteiger partial charge < -0.3 is 16.2 Å². The van der Waals surface area contributed by atoms with E-state index in [9.17, 15) is 0 Å². The van der Waals surface area contributed by atoms with Gasteiger partial charge in [-0.2, -0.15) is 0 Å². The summed E-state index contributed by atoms with van der Waals surface area (Å²) in [6.45, 7) is 1.11. The first-order valence-corrected chi connectivity index (χ1v) is 5.16. The topological polar surface area (TPSA) is 84.1 Å². The molecule has 4 N–H and O–H groups in total. The standard InChI is InChI=1S/C10H16N4O/c11-8-5-9(14-7-13-8)12-6-10(1-2-10)3-4-15/h5,7,15H,1-4,6H2,(H3,11,12,13,14). The van der Waals surface area contributed by atoms with Gasteiger partial charge in [0.15, 0.2) is 0 Å². The van der Waals surface area contributed by atoms with Crippen molar-refractivity contribution in [3.8, 4) is 0 Å². The molecular formula is C10H16N4O. The van der Waals surface area contributed by atoms with Gasteiger partial charge in [-0.3, -0.25) is 0 Å². The lowest BCUT2D eigenvalue weighted by molar-refractivity contribution is 0.253. The second-order valence-corrected chi connectivity index (χ2v) is 4.16. The van der Waals surface area contributed by atoms with Crippen LogP contribution in [0, 0.1) is 5.41 Å². The van der Waals surface area contributed by atoms with E-state index < -0.39 is 0 Å². The number of hydrogen-bond donors (Lipinski definition) is 3. The average Bonchev–Trinajstić information content (AvgIpc) is 2.97. The van der Waals surface area contributed by atoms with Crippen LogP contribution < -0.4 is 11.1 Å². The number of aliphatic hydroxyl groups is 1. The maximum absolute atomic E-state index is 8.91. The molecule has 1 aliphatic carbocycles. The van der Waals surface area contributed by atoms with Crippen LogP contribution in [-0.2, 0) is 0 Å². The van der Waals surface area contributed by atoms with Crippen LogP contribution in [0.25, 0.3) is 0 Å². The van der Waals surface area contributed by atoms with E-state index >= 15 is 0 Å². The Kier molecular flexibility index (Phi) is 2.73. The minimum Gasteiger partial charge on any atom is -0.396 e. The number of nitrogens with one attached hydrogen (secondary N) is 1. The second kappa shape index (κ2) is 4.02. The number of rotatable bonds is 5. The fourth-order valence-corrected chi connectivity index (χ4v) is 1.68. The normalized spacial score (nSPS) is 17.4. The summed E-state index contributed by atoms with van der Waals surface area (Å²) >= 11 is 0. The largest absolute Gasteiger partial charge is 0.396 e. The summed E-state index contributed by atoms with van der Waals surface area (Å²) in [5, 5.41) is 12.1. The molecule has 0 aliphatic heterocycles. The first-order chi connectivity index (χ1) is 7.24. The fraction of sp³-hybridized carbons (Fsp3) is 0.600. The first kappa shape index (κ1) is 10.2. The molecule has 1 aromatic heterocycles. The van der Waals surface area contributed by atoms with Crippen molar-refractivity contribution in [1.29, 1.82) is 0 Å². The molecule has 5 heteroatoms. The van der Waals surface area contributed by atoms with E-state index in [-0.39, 0.29) is 12.0 Å². The van der Waals surface area contributed by atoms with E-state index in [1.54, 1.807) is 6.07 Å². The summed E-state index contributed by atoms with van der Waals surface area (Å²) in [5.41, 5.74) is 5.83. The summed E-state index contributed by atoms with van der Waals surface area (Å²) in [6, 6.07) is 1.72. The molecule has 1 aliphatic rings. The monoisotopic (exact) mass is 208 g/mol. The Morgan fingerprint density at radius 3 is 2.87 bits per heavy atom. The van der Waals surface area contributed by atoms with Crippen molar-refractivity contribution in [2.45, 2.75) is 19.3 Å². The molecule has 0 saturated heterocycles. The molecular weight excluding hydrogens is 192 g/mol. The number of anilines is 2. The Morgan fingerprint density at radius 2 is 2.27 bits per heavy atom. The van der Waals surface area contributed by atoms with Crippen LogP contribution in [0.4, 0.5) is 11.6 Å². The van der Waals surface area contributed by atoms with Gasteiger partial charge in [-0.15, -0.1) is 0 Å². The average molecular weight is 208 g/mol. The lowest BCUT2D eigenvalue weighted by Gasteiger charge is -2.14. The Morgan fingerprint density at radius 1 is 1.47 bits per heavy atom. The highest BCUT2D eigenvalue weighted by Crippen LogP contribution is 2.48. The van der Waals surface area contributed by atoms with E-state index in [1.165, 1.54) is 19.2 Å². The van der Waals surface area contributed by atoms with Crippen molar-refractivity contribution in [3.63, 3.8) is 0 Å². The third-order valence-corrected chi connectivity index (χ3v) is 2.93. The van der Waals surface area contributed by atoms with Gasteiger partial charge in [-0.25, -0.2) is 9.97 Å². The van der Waals surface area contributed by atoms with Crippen LogP contribution in [0.15, 0.2) is 12.4 Å². The van der Waals surface area contributed by atoms with Crippen molar-refractivity contribution in [2.24, 2.45) is 5.41 Å². The second-order valence-electron chi connectivity index (χ2n) is 4.16. The molecule has 15 heavy (non-hydrogen) atoms. The molecule has 0 bridgehead atoms. The Hall–Kier alpha value is -1.36. The lowest BCUT2D eigenvalue weighted by atomic mass is 10.0. The summed E-state index contributed by atoms with van der Waals surface area (Å²) in [7, 11) is 0. The smallest absolute Gasteiger partial charge is 0.131 e. The molecule has 5 nitrogen and oxygen atoms in total. The van der Waals surface area contributed by atoms with E-state index in [0.717, 1.165) is 18.8 Å². The molecule has 1 saturated carbocycles. The summed E-state index contributed by atoms with van der Waals surface area (Å²) < 4.78 is 0. The number of nitrogens with zero attached hydrogens (tertiary/aromatic N) is 2. The first-order valence-electron chi connectivity index (χ1n) is 5.16. The lowest BCUT2D eigenvalue weighted by Crippen LogP contribution is -2.17. The Labute approximate surface area is 88.7 Å². The molecule has 1 heterocycles. The molecule has 0 unspecified atom stereocenters. The predicted molar refractivity (Wildman–Crippen MR) is 58.3 cm³/mol. The van der Waals surface area contributed by atoms with Gasteiger partial charge in [0.05, 0.1) is 0 Å². The molecule has 0 aromatic carbocycles. The maximum Gasteiger partial charge on any atom is 0.131 e. The van der Waals surface area contributed by atoms with Crippen LogP contribution in [0.3, 0.4) is 0 Å². The zero-order valence-corrected chi connectivity index (χ0v) is 8.61. The van der Waals surface area contributed by atoms with Gasteiger partial charge in [0.2, 0.25) is 0 Å². The highest BCUT2D eigenvalue weighted by molar-refractivity contribution is 5.43. The third-order valence-electron chi connectivity index (χ3n) is 2.93. The predicted octanol–water partition coefficient (Wildman–Crippen LogP) is 0.633. The van der Waals surface area contributed by atoms with Gasteiger partial charge in [0, 0.05) is 19.2 Å². The summed E-state index contributed by atoms with van der Waals surface area (Å²) in [4.78, 5) is 7.89. The van der Waals surface area contributed by atoms with Gasteiger partial charge in [-0.05, 0) is 24.7 Å². The number of nitrogens with two attached hydrogens (primary N) is 1. The van der Waals surface area contributed by atoms with Crippen molar-refractivity contribution in [3.05, 3.63) is 12.4 Å². The zero-order valence-electron chi connectivity index (χ0n) is 8.61. The molecule has 1 fully saturated rings. The summed E-state index contributed by atoms with van der Waals surface area (Å²) in [5.74, 6) is 1.23. The van der Waals surface area contributed by atoms with Crippen LogP contribution >= 0.6 is 0 Å². The quantitative estimate of drug-likeness (QED) is 0.661. The zero-order chi connectivity index (χ0) is 10.7. The Bertz CT molecular complexity index is 338. The van der Waals surface area contributed by atoms with Crippen LogP contribution in [0.1, 0.15) is 19.3 Å². The van der Waals surface area contributed by atoms with Gasteiger partial charge in [0.1, 0.15) is 18.0 Å². The minimum atomic E-state index is 0.258.